The second-order valence-corrected chi connectivity index (χ2v) is 6.93. The molecule has 27 heavy (non-hydrogen) atoms. The molecular weight excluding hydrogens is 346 g/mol. The van der Waals surface area contributed by atoms with Crippen LogP contribution in [0.4, 0.5) is 0 Å². The first kappa shape index (κ1) is 17.5. The molecule has 0 aliphatic carbocycles. The van der Waals surface area contributed by atoms with Crippen LogP contribution in [0.15, 0.2) is 24.3 Å². The highest BCUT2D eigenvalue weighted by Gasteiger charge is 2.39. The smallest absolute Gasteiger partial charge is 0.245 e. The minimum atomic E-state index is -0.566. The molecule has 2 fully saturated rings. The van der Waals surface area contributed by atoms with Crippen LogP contribution in [0, 0.1) is 0 Å². The van der Waals surface area contributed by atoms with Gasteiger partial charge in [-0.15, -0.1) is 0 Å². The number of rotatable bonds is 4. The van der Waals surface area contributed by atoms with Gasteiger partial charge in [-0.3, -0.25) is 14.4 Å². The van der Waals surface area contributed by atoms with Gasteiger partial charge < -0.3 is 19.7 Å². The number of carbonyl (C=O) groups is 3. The molecule has 2 aromatic rings. The third-order valence-corrected chi connectivity index (χ3v) is 5.37. The lowest BCUT2D eigenvalue weighted by Crippen LogP contribution is -2.66. The Morgan fingerprint density at radius 2 is 2.07 bits per heavy atom. The van der Waals surface area contributed by atoms with Crippen molar-refractivity contribution in [2.45, 2.75) is 32.4 Å². The molecule has 0 bridgehead atoms. The molecule has 3 heterocycles. The SMILES string of the molecule is CCc1nc2ccccc2n1CCC(=O)N1CCN2C(=O)CNC(=O)[C@@H]2C1. The van der Waals surface area contributed by atoms with E-state index >= 15 is 0 Å². The van der Waals surface area contributed by atoms with Gasteiger partial charge in [0.15, 0.2) is 0 Å². The number of aromatic nitrogens is 2. The van der Waals surface area contributed by atoms with Crippen molar-refractivity contribution in [2.75, 3.05) is 26.2 Å². The van der Waals surface area contributed by atoms with Crippen molar-refractivity contribution in [1.82, 2.24) is 24.7 Å². The number of amides is 3. The van der Waals surface area contributed by atoms with Crippen molar-refractivity contribution in [2.24, 2.45) is 0 Å². The van der Waals surface area contributed by atoms with Crippen molar-refractivity contribution in [1.29, 1.82) is 0 Å². The molecule has 3 amide bonds. The minimum Gasteiger partial charge on any atom is -0.345 e. The Balaban J connectivity index is 1.45. The predicted octanol–water partition coefficient (Wildman–Crippen LogP) is 0.158. The van der Waals surface area contributed by atoms with E-state index in [1.165, 1.54) is 0 Å². The predicted molar refractivity (Wildman–Crippen MR) is 98.8 cm³/mol. The first-order chi connectivity index (χ1) is 13.1. The molecule has 2 aliphatic heterocycles. The lowest BCUT2D eigenvalue weighted by atomic mass is 10.1. The van der Waals surface area contributed by atoms with Crippen LogP contribution >= 0.6 is 0 Å². The van der Waals surface area contributed by atoms with Crippen molar-refractivity contribution in [3.05, 3.63) is 30.1 Å². The standard InChI is InChI=1S/C19H23N5O3/c1-2-16-21-13-5-3-4-6-14(13)23(16)8-7-17(25)22-9-10-24-15(12-22)19(27)20-11-18(24)26/h3-6,15H,2,7-12H2,1H3,(H,20,27)/t15-/m0/s1. The summed E-state index contributed by atoms with van der Waals surface area (Å²) in [6, 6.07) is 7.36. The molecule has 1 aromatic heterocycles. The Labute approximate surface area is 157 Å². The fraction of sp³-hybridized carbons (Fsp3) is 0.474. The van der Waals surface area contributed by atoms with Crippen LogP contribution in [0.25, 0.3) is 11.0 Å². The monoisotopic (exact) mass is 369 g/mol. The number of hydrogen-bond donors (Lipinski definition) is 1. The number of aryl methyl sites for hydroxylation is 2. The highest BCUT2D eigenvalue weighted by Crippen LogP contribution is 2.18. The number of hydrogen-bond acceptors (Lipinski definition) is 4. The van der Waals surface area contributed by atoms with Crippen LogP contribution in [0.3, 0.4) is 0 Å². The second kappa shape index (κ2) is 7.02. The largest absolute Gasteiger partial charge is 0.345 e. The molecule has 1 aromatic carbocycles. The summed E-state index contributed by atoms with van der Waals surface area (Å²) in [6.07, 6.45) is 1.14. The highest BCUT2D eigenvalue weighted by molar-refractivity contribution is 5.95. The van der Waals surface area contributed by atoms with E-state index < -0.39 is 6.04 Å². The van der Waals surface area contributed by atoms with Gasteiger partial charge in [0.1, 0.15) is 11.9 Å². The van der Waals surface area contributed by atoms with E-state index in [2.05, 4.69) is 21.8 Å². The molecular formula is C19H23N5O3. The minimum absolute atomic E-state index is 0.000284. The third kappa shape index (κ3) is 3.15. The van der Waals surface area contributed by atoms with Crippen LogP contribution in [-0.4, -0.2) is 69.3 Å². The lowest BCUT2D eigenvalue weighted by Gasteiger charge is -2.42. The molecule has 8 nitrogen and oxygen atoms in total. The number of fused-ring (bicyclic) bond motifs is 2. The molecule has 2 aliphatic rings. The first-order valence-electron chi connectivity index (χ1n) is 9.37. The second-order valence-electron chi connectivity index (χ2n) is 6.93. The van der Waals surface area contributed by atoms with Crippen LogP contribution < -0.4 is 5.32 Å². The Hall–Kier alpha value is -2.90. The number of nitrogens with one attached hydrogen (secondary N) is 1. The van der Waals surface area contributed by atoms with Crippen LogP contribution in [0.5, 0.6) is 0 Å². The number of para-hydroxylation sites is 2. The summed E-state index contributed by atoms with van der Waals surface area (Å²) < 4.78 is 2.10. The van der Waals surface area contributed by atoms with Crippen molar-refractivity contribution in [3.63, 3.8) is 0 Å². The van der Waals surface area contributed by atoms with Gasteiger partial charge in [-0.25, -0.2) is 4.98 Å². The van der Waals surface area contributed by atoms with Gasteiger partial charge in [-0.1, -0.05) is 19.1 Å². The van der Waals surface area contributed by atoms with Gasteiger partial charge in [-0.05, 0) is 12.1 Å². The summed E-state index contributed by atoms with van der Waals surface area (Å²) in [7, 11) is 0. The van der Waals surface area contributed by atoms with Crippen molar-refractivity contribution < 1.29 is 14.4 Å². The number of nitrogens with zero attached hydrogens (tertiary/aromatic N) is 4. The Bertz CT molecular complexity index is 906. The molecule has 0 radical (unpaired) electrons. The van der Waals surface area contributed by atoms with E-state index in [-0.39, 0.29) is 30.8 Å². The molecule has 4 rings (SSSR count). The molecule has 0 spiro atoms. The van der Waals surface area contributed by atoms with Gasteiger partial charge in [0.2, 0.25) is 17.7 Å². The van der Waals surface area contributed by atoms with E-state index in [0.29, 0.717) is 26.1 Å². The van der Waals surface area contributed by atoms with E-state index in [1.807, 2.05) is 24.3 Å². The lowest BCUT2D eigenvalue weighted by molar-refractivity contribution is -0.152. The number of piperazine rings is 2. The van der Waals surface area contributed by atoms with Crippen LogP contribution in [-0.2, 0) is 27.3 Å². The zero-order valence-corrected chi connectivity index (χ0v) is 15.4. The Kier molecular flexibility index (Phi) is 4.55. The van der Waals surface area contributed by atoms with Gasteiger partial charge in [0.25, 0.3) is 0 Å². The average molecular weight is 369 g/mol. The van der Waals surface area contributed by atoms with Crippen molar-refractivity contribution in [3.8, 4) is 0 Å². The third-order valence-electron chi connectivity index (χ3n) is 5.37. The van der Waals surface area contributed by atoms with Crippen molar-refractivity contribution >= 4 is 28.8 Å². The topological polar surface area (TPSA) is 87.5 Å². The summed E-state index contributed by atoms with van der Waals surface area (Å²) in [4.78, 5) is 44.7. The quantitative estimate of drug-likeness (QED) is 0.832. The Morgan fingerprint density at radius 3 is 2.89 bits per heavy atom. The van der Waals surface area contributed by atoms with Crippen LogP contribution in [0.2, 0.25) is 0 Å². The first-order valence-corrected chi connectivity index (χ1v) is 9.37. The summed E-state index contributed by atoms with van der Waals surface area (Å²) >= 11 is 0. The highest BCUT2D eigenvalue weighted by atomic mass is 16.2. The van der Waals surface area contributed by atoms with E-state index in [0.717, 1.165) is 23.3 Å². The number of imidazole rings is 1. The summed E-state index contributed by atoms with van der Waals surface area (Å²) in [5.41, 5.74) is 1.97. The van der Waals surface area contributed by atoms with Gasteiger partial charge in [0.05, 0.1) is 24.1 Å². The number of carbonyl (C=O) groups excluding carboxylic acids is 3. The maximum Gasteiger partial charge on any atom is 0.245 e. The average Bonchev–Trinajstić information content (AvgIpc) is 3.06. The zero-order valence-electron chi connectivity index (χ0n) is 15.4. The van der Waals surface area contributed by atoms with E-state index in [4.69, 9.17) is 0 Å². The van der Waals surface area contributed by atoms with Crippen LogP contribution in [0.1, 0.15) is 19.2 Å². The molecule has 8 heteroatoms. The molecule has 142 valence electrons. The molecule has 2 saturated heterocycles. The fourth-order valence-corrected chi connectivity index (χ4v) is 3.92. The normalized spacial score (nSPS) is 20.0. The van der Waals surface area contributed by atoms with Gasteiger partial charge >= 0.3 is 0 Å². The number of benzene rings is 1. The summed E-state index contributed by atoms with van der Waals surface area (Å²) in [5, 5.41) is 2.60. The molecule has 0 saturated carbocycles. The molecule has 0 unspecified atom stereocenters. The fourth-order valence-electron chi connectivity index (χ4n) is 3.92. The Morgan fingerprint density at radius 1 is 1.26 bits per heavy atom. The molecule has 1 atom stereocenters. The molecule has 1 N–H and O–H groups in total. The van der Waals surface area contributed by atoms with Gasteiger partial charge in [0, 0.05) is 32.5 Å². The van der Waals surface area contributed by atoms with E-state index in [9.17, 15) is 14.4 Å². The van der Waals surface area contributed by atoms with Gasteiger partial charge in [-0.2, -0.15) is 0 Å². The zero-order chi connectivity index (χ0) is 19.0. The summed E-state index contributed by atoms with van der Waals surface area (Å²) in [6.45, 7) is 3.81. The maximum absolute atomic E-state index is 12.7. The van der Waals surface area contributed by atoms with E-state index in [1.54, 1.807) is 9.80 Å². The summed E-state index contributed by atoms with van der Waals surface area (Å²) in [5.74, 6) is 0.705. The maximum atomic E-state index is 12.7.